The summed E-state index contributed by atoms with van der Waals surface area (Å²) < 4.78 is 31.4. The maximum absolute atomic E-state index is 13.0. The number of ketones is 1. The predicted molar refractivity (Wildman–Crippen MR) is 111 cm³/mol. The van der Waals surface area contributed by atoms with Gasteiger partial charge < -0.3 is 4.42 Å². The highest BCUT2D eigenvalue weighted by molar-refractivity contribution is 8.06. The van der Waals surface area contributed by atoms with E-state index in [0.29, 0.717) is 12.0 Å². The summed E-state index contributed by atoms with van der Waals surface area (Å²) >= 11 is 0. The molecule has 0 fully saturated rings. The van der Waals surface area contributed by atoms with Crippen LogP contribution in [0.2, 0.25) is 0 Å². The Morgan fingerprint density at radius 1 is 0.897 bits per heavy atom. The van der Waals surface area contributed by atoms with Crippen LogP contribution in [0.25, 0.3) is 11.3 Å². The Morgan fingerprint density at radius 3 is 2.14 bits per heavy atom. The molecule has 29 heavy (non-hydrogen) atoms. The molecule has 1 aromatic heterocycles. The molecular weight excluding hydrogens is 388 g/mol. The second-order valence-corrected chi connectivity index (χ2v) is 8.55. The van der Waals surface area contributed by atoms with Gasteiger partial charge in [0.1, 0.15) is 5.76 Å². The van der Waals surface area contributed by atoms with Crippen LogP contribution in [0.5, 0.6) is 0 Å². The number of hydrogen-bond acceptors (Lipinski definition) is 5. The molecular formula is C23H22O5S. The molecule has 5 nitrogen and oxygen atoms in total. The summed E-state index contributed by atoms with van der Waals surface area (Å²) in [7, 11) is -4.27. The maximum Gasteiger partial charge on any atom is 0.285 e. The van der Waals surface area contributed by atoms with Gasteiger partial charge in [0.2, 0.25) is 9.84 Å². The standard InChI is InChI=1S/C23H22O5S/c1-2-3-6-15-20(24)21-16-19(22(28-21)17-11-7-4-8-12-17)23(25)29(26,27)18-13-9-5-10-14-18/h4-5,7-14,16H,2-3,6,15H2,1H3. The van der Waals surface area contributed by atoms with Gasteiger partial charge in [0, 0.05) is 18.1 Å². The molecule has 3 aromatic rings. The molecule has 6 heteroatoms. The number of unbranched alkanes of at least 4 members (excludes halogenated alkanes) is 2. The number of carbonyl (C=O) groups excluding carboxylic acids is 2. The Bertz CT molecular complexity index is 1100. The minimum absolute atomic E-state index is 0.00608. The molecule has 0 atom stereocenters. The molecule has 0 N–H and O–H groups in total. The molecule has 0 radical (unpaired) electrons. The third-order valence-electron chi connectivity index (χ3n) is 4.57. The number of sulfone groups is 1. The van der Waals surface area contributed by atoms with Crippen LogP contribution in [0, 0.1) is 0 Å². The van der Waals surface area contributed by atoms with E-state index in [-0.39, 0.29) is 34.2 Å². The van der Waals surface area contributed by atoms with Gasteiger partial charge in [0.15, 0.2) is 11.5 Å². The van der Waals surface area contributed by atoms with Crippen molar-refractivity contribution in [3.8, 4) is 11.3 Å². The van der Waals surface area contributed by atoms with Gasteiger partial charge in [-0.3, -0.25) is 9.59 Å². The van der Waals surface area contributed by atoms with Crippen molar-refractivity contribution in [3.63, 3.8) is 0 Å². The maximum atomic E-state index is 13.0. The predicted octanol–water partition coefficient (Wildman–Crippen LogP) is 5.32. The molecule has 150 valence electrons. The first kappa shape index (κ1) is 20.7. The van der Waals surface area contributed by atoms with E-state index < -0.39 is 15.0 Å². The van der Waals surface area contributed by atoms with Gasteiger partial charge in [0.25, 0.3) is 5.12 Å². The molecule has 0 spiro atoms. The molecule has 0 aliphatic rings. The molecule has 0 saturated carbocycles. The summed E-state index contributed by atoms with van der Waals surface area (Å²) in [6, 6.07) is 17.5. The normalized spacial score (nSPS) is 11.3. The number of benzene rings is 2. The van der Waals surface area contributed by atoms with E-state index in [9.17, 15) is 18.0 Å². The number of hydrogen-bond donors (Lipinski definition) is 0. The van der Waals surface area contributed by atoms with E-state index in [1.807, 2.05) is 6.92 Å². The monoisotopic (exact) mass is 410 g/mol. The number of furan rings is 1. The smallest absolute Gasteiger partial charge is 0.285 e. The SMILES string of the molecule is CCCCCC(=O)c1cc(C(=O)S(=O)(=O)c2ccccc2)c(-c2ccccc2)o1. The zero-order valence-electron chi connectivity index (χ0n) is 16.1. The summed E-state index contributed by atoms with van der Waals surface area (Å²) in [5.74, 6) is -0.146. The highest BCUT2D eigenvalue weighted by atomic mass is 32.2. The minimum Gasteiger partial charge on any atom is -0.452 e. The number of carbonyl (C=O) groups is 2. The van der Waals surface area contributed by atoms with Crippen LogP contribution in [0.1, 0.15) is 53.5 Å². The highest BCUT2D eigenvalue weighted by Gasteiger charge is 2.32. The van der Waals surface area contributed by atoms with Crippen molar-refractivity contribution < 1.29 is 22.4 Å². The van der Waals surface area contributed by atoms with Gasteiger partial charge >= 0.3 is 0 Å². The Labute approximate surface area is 170 Å². The van der Waals surface area contributed by atoms with Crippen LogP contribution in [-0.4, -0.2) is 19.3 Å². The van der Waals surface area contributed by atoms with E-state index in [4.69, 9.17) is 4.42 Å². The average Bonchev–Trinajstić information content (AvgIpc) is 3.20. The van der Waals surface area contributed by atoms with E-state index in [1.165, 1.54) is 18.2 Å². The molecule has 2 aromatic carbocycles. The van der Waals surface area contributed by atoms with Crippen molar-refractivity contribution in [2.24, 2.45) is 0 Å². The van der Waals surface area contributed by atoms with E-state index >= 15 is 0 Å². The minimum atomic E-state index is -4.27. The molecule has 0 aliphatic heterocycles. The van der Waals surface area contributed by atoms with Crippen molar-refractivity contribution in [1.29, 1.82) is 0 Å². The largest absolute Gasteiger partial charge is 0.452 e. The van der Waals surface area contributed by atoms with Crippen LogP contribution in [0.4, 0.5) is 0 Å². The molecule has 0 unspecified atom stereocenters. The summed E-state index contributed by atoms with van der Waals surface area (Å²) in [5, 5.41) is -1.08. The lowest BCUT2D eigenvalue weighted by molar-refractivity contribution is 0.0953. The molecule has 0 saturated heterocycles. The van der Waals surface area contributed by atoms with Crippen LogP contribution in [0.3, 0.4) is 0 Å². The van der Waals surface area contributed by atoms with Gasteiger partial charge in [0.05, 0.1) is 10.5 Å². The highest BCUT2D eigenvalue weighted by Crippen LogP contribution is 2.31. The number of Topliss-reactive ketones (excluding diaryl/α,β-unsaturated/α-hetero) is 1. The fourth-order valence-corrected chi connectivity index (χ4v) is 4.16. The molecule has 0 aliphatic carbocycles. The van der Waals surface area contributed by atoms with Crippen LogP contribution in [-0.2, 0) is 9.84 Å². The number of rotatable bonds is 8. The second-order valence-electron chi connectivity index (χ2n) is 6.70. The van der Waals surface area contributed by atoms with E-state index in [0.717, 1.165) is 12.8 Å². The van der Waals surface area contributed by atoms with Crippen LogP contribution in [0.15, 0.2) is 76.0 Å². The Kier molecular flexibility index (Phi) is 6.44. The Hall–Kier alpha value is -2.99. The Balaban J connectivity index is 2.04. The fourth-order valence-electron chi connectivity index (χ4n) is 2.99. The first-order valence-corrected chi connectivity index (χ1v) is 11.0. The zero-order chi connectivity index (χ0) is 20.9. The van der Waals surface area contributed by atoms with E-state index in [2.05, 4.69) is 0 Å². The second kappa shape index (κ2) is 9.01. The lowest BCUT2D eigenvalue weighted by atomic mass is 10.1. The van der Waals surface area contributed by atoms with Crippen molar-refractivity contribution in [1.82, 2.24) is 0 Å². The van der Waals surface area contributed by atoms with E-state index in [1.54, 1.807) is 48.5 Å². The lowest BCUT2D eigenvalue weighted by Crippen LogP contribution is -2.15. The first-order valence-electron chi connectivity index (χ1n) is 9.52. The van der Waals surface area contributed by atoms with Gasteiger partial charge in [-0.1, -0.05) is 68.3 Å². The molecule has 0 amide bonds. The Morgan fingerprint density at radius 2 is 1.52 bits per heavy atom. The average molecular weight is 410 g/mol. The zero-order valence-corrected chi connectivity index (χ0v) is 16.9. The summed E-state index contributed by atoms with van der Waals surface area (Å²) in [4.78, 5) is 25.4. The first-order chi connectivity index (χ1) is 13.9. The van der Waals surface area contributed by atoms with Gasteiger partial charge in [-0.25, -0.2) is 8.42 Å². The topological polar surface area (TPSA) is 81.4 Å². The molecule has 3 rings (SSSR count). The molecule has 1 heterocycles. The summed E-state index contributed by atoms with van der Waals surface area (Å²) in [5.41, 5.74) is 0.408. The third kappa shape index (κ3) is 4.54. The third-order valence-corrected chi connectivity index (χ3v) is 6.17. The fraction of sp³-hybridized carbons (Fsp3) is 0.217. The lowest BCUT2D eigenvalue weighted by Gasteiger charge is -2.04. The van der Waals surface area contributed by atoms with Crippen LogP contribution >= 0.6 is 0 Å². The van der Waals surface area contributed by atoms with Crippen molar-refractivity contribution in [2.45, 2.75) is 37.5 Å². The van der Waals surface area contributed by atoms with Crippen molar-refractivity contribution in [2.75, 3.05) is 0 Å². The van der Waals surface area contributed by atoms with Gasteiger partial charge in [-0.2, -0.15) is 0 Å². The van der Waals surface area contributed by atoms with Gasteiger partial charge in [-0.15, -0.1) is 0 Å². The van der Waals surface area contributed by atoms with Crippen molar-refractivity contribution in [3.05, 3.63) is 78.1 Å². The quantitative estimate of drug-likeness (QED) is 0.371. The summed E-state index contributed by atoms with van der Waals surface area (Å²) in [6.07, 6.45) is 2.88. The van der Waals surface area contributed by atoms with Crippen LogP contribution < -0.4 is 0 Å². The summed E-state index contributed by atoms with van der Waals surface area (Å²) in [6.45, 7) is 2.04. The van der Waals surface area contributed by atoms with Crippen molar-refractivity contribution >= 4 is 20.7 Å². The molecule has 0 bridgehead atoms. The van der Waals surface area contributed by atoms with Gasteiger partial charge in [-0.05, 0) is 18.6 Å².